The van der Waals surface area contributed by atoms with E-state index in [0.717, 1.165) is 33.2 Å². The number of rotatable bonds is 10. The summed E-state index contributed by atoms with van der Waals surface area (Å²) in [7, 11) is 0. The van der Waals surface area contributed by atoms with Gasteiger partial charge in [-0.05, 0) is 60.8 Å². The zero-order valence-corrected chi connectivity index (χ0v) is 25.6. The molecule has 2 N–H and O–H groups in total. The number of carbonyl (C=O) groups is 3. The number of aliphatic carboxylic acids is 1. The molecule has 3 aromatic rings. The minimum Gasteiger partial charge on any atom is -0.489 e. The number of thioether (sulfide) groups is 1. The van der Waals surface area contributed by atoms with Crippen molar-refractivity contribution in [3.8, 4) is 5.75 Å². The van der Waals surface area contributed by atoms with Gasteiger partial charge in [0, 0.05) is 39.6 Å². The van der Waals surface area contributed by atoms with Crippen LogP contribution in [0.1, 0.15) is 54.0 Å². The van der Waals surface area contributed by atoms with Gasteiger partial charge in [-0.2, -0.15) is 0 Å². The molecule has 6 unspecified atom stereocenters. The van der Waals surface area contributed by atoms with E-state index >= 15 is 0 Å². The summed E-state index contributed by atoms with van der Waals surface area (Å²) in [6.07, 6.45) is 2.73. The fraction of sp³-hybridized carbons (Fsp3) is 0.438. The molecule has 1 saturated heterocycles. The van der Waals surface area contributed by atoms with Crippen molar-refractivity contribution >= 4 is 52.5 Å². The van der Waals surface area contributed by atoms with Gasteiger partial charge in [0.15, 0.2) is 0 Å². The molecule has 3 fully saturated rings. The van der Waals surface area contributed by atoms with Crippen LogP contribution in [0.3, 0.4) is 0 Å². The quantitative estimate of drug-likeness (QED) is 0.213. The van der Waals surface area contributed by atoms with Crippen molar-refractivity contribution in [3.05, 3.63) is 79.2 Å². The number of benzene rings is 2. The number of aromatic nitrogens is 1. The van der Waals surface area contributed by atoms with Gasteiger partial charge in [0.2, 0.25) is 11.8 Å². The molecule has 2 amide bonds. The SMILES string of the molecule is O=C(O)CCCCCN1C(=O)C2C3CC(C2C1=O)C1C3Sc2[nH]c(=O)sc2[C@@H]1c1ccccc1OCc1ccc(Cl)cc1. The fourth-order valence-electron chi connectivity index (χ4n) is 7.98. The predicted molar refractivity (Wildman–Crippen MR) is 164 cm³/mol. The van der Waals surface area contributed by atoms with E-state index < -0.39 is 5.97 Å². The smallest absolute Gasteiger partial charge is 0.305 e. The van der Waals surface area contributed by atoms with Crippen LogP contribution in [0, 0.1) is 29.6 Å². The van der Waals surface area contributed by atoms with Crippen molar-refractivity contribution in [3.63, 3.8) is 0 Å². The van der Waals surface area contributed by atoms with Crippen molar-refractivity contribution < 1.29 is 24.2 Å². The number of amides is 2. The maximum atomic E-state index is 13.8. The van der Waals surface area contributed by atoms with E-state index in [4.69, 9.17) is 21.4 Å². The Morgan fingerprint density at radius 1 is 1.00 bits per heavy atom. The molecule has 7 atom stereocenters. The maximum Gasteiger partial charge on any atom is 0.305 e. The lowest BCUT2D eigenvalue weighted by Gasteiger charge is -2.43. The number of nitrogens with one attached hydrogen (secondary N) is 1. The highest BCUT2D eigenvalue weighted by atomic mass is 35.5. The summed E-state index contributed by atoms with van der Waals surface area (Å²) in [6.45, 7) is 0.711. The van der Waals surface area contributed by atoms with Gasteiger partial charge in [-0.15, -0.1) is 11.8 Å². The minimum absolute atomic E-state index is 0.0284. The second-order valence-corrected chi connectivity index (χ2v) is 14.6. The molecule has 0 spiro atoms. The Kier molecular flexibility index (Phi) is 7.63. The van der Waals surface area contributed by atoms with E-state index in [1.54, 1.807) is 11.8 Å². The van der Waals surface area contributed by atoms with Crippen LogP contribution in [0.25, 0.3) is 0 Å². The second-order valence-electron chi connectivity index (χ2n) is 11.9. The molecule has 0 radical (unpaired) electrons. The van der Waals surface area contributed by atoms with E-state index in [9.17, 15) is 19.2 Å². The zero-order valence-electron chi connectivity index (χ0n) is 23.2. The Bertz CT molecular complexity index is 1640. The minimum atomic E-state index is -0.832. The Labute approximate surface area is 261 Å². The highest BCUT2D eigenvalue weighted by molar-refractivity contribution is 8.00. The maximum absolute atomic E-state index is 13.8. The van der Waals surface area contributed by atoms with E-state index in [0.29, 0.717) is 37.4 Å². The molecule has 43 heavy (non-hydrogen) atoms. The molecule has 2 saturated carbocycles. The number of hydrogen-bond acceptors (Lipinski definition) is 7. The third-order valence-corrected chi connectivity index (χ3v) is 12.5. The monoisotopic (exact) mass is 638 g/mol. The number of hydrogen-bond donors (Lipinski definition) is 2. The summed E-state index contributed by atoms with van der Waals surface area (Å²) in [5, 5.41) is 10.5. The molecule has 2 aromatic carbocycles. The third kappa shape index (κ3) is 5.01. The molecule has 3 heterocycles. The molecule has 7 rings (SSSR count). The summed E-state index contributed by atoms with van der Waals surface area (Å²) < 4.78 is 6.39. The van der Waals surface area contributed by atoms with Gasteiger partial charge < -0.3 is 14.8 Å². The first kappa shape index (κ1) is 28.7. The average Bonchev–Trinajstić information content (AvgIpc) is 3.72. The number of ether oxygens (including phenoxy) is 1. The van der Waals surface area contributed by atoms with E-state index in [1.165, 1.54) is 16.2 Å². The molecule has 2 aliphatic heterocycles. The van der Waals surface area contributed by atoms with Crippen LogP contribution < -0.4 is 9.61 Å². The van der Waals surface area contributed by atoms with E-state index in [-0.39, 0.29) is 63.9 Å². The second kappa shape index (κ2) is 11.4. The van der Waals surface area contributed by atoms with Gasteiger partial charge in [0.25, 0.3) is 0 Å². The number of carbonyl (C=O) groups excluding carboxylic acids is 2. The predicted octanol–water partition coefficient (Wildman–Crippen LogP) is 5.79. The van der Waals surface area contributed by atoms with Crippen LogP contribution in [-0.4, -0.2) is 44.6 Å². The summed E-state index contributed by atoms with van der Waals surface area (Å²) in [4.78, 5) is 56.3. The summed E-state index contributed by atoms with van der Waals surface area (Å²) in [5.41, 5.74) is 1.99. The molecule has 8 nitrogen and oxygen atoms in total. The molecule has 224 valence electrons. The number of nitrogens with zero attached hydrogens (tertiary/aromatic N) is 1. The number of thiazole rings is 1. The number of unbranched alkanes of at least 4 members (excludes halogenated alkanes) is 2. The largest absolute Gasteiger partial charge is 0.489 e. The van der Waals surface area contributed by atoms with Gasteiger partial charge in [0.1, 0.15) is 12.4 Å². The van der Waals surface area contributed by atoms with Crippen LogP contribution in [0.5, 0.6) is 5.75 Å². The average molecular weight is 639 g/mol. The van der Waals surface area contributed by atoms with Crippen molar-refractivity contribution in [2.45, 2.75) is 54.9 Å². The molecular formula is C32H31ClN2O6S2. The van der Waals surface area contributed by atoms with Crippen molar-refractivity contribution in [2.75, 3.05) is 6.54 Å². The van der Waals surface area contributed by atoms with Gasteiger partial charge >= 0.3 is 10.8 Å². The number of carboxylic acids is 1. The summed E-state index contributed by atoms with van der Waals surface area (Å²) in [5.74, 6) is -0.874. The standard InChI is InChI=1S/C32H31ClN2O6S2/c33-17-11-9-16(10-12-17)15-41-21-7-4-3-6-18(21)23-24-19-14-20(27(24)42-29-28(23)43-32(40)34-29)26-25(19)30(38)35(31(26)39)13-5-1-2-8-22(36)37/h3-4,6-7,9-12,19-20,23-27H,1-2,5,8,13-15H2,(H,34,40)(H,36,37)/t19?,20?,23-,24?,25?,26?,27?/m1/s1. The highest BCUT2D eigenvalue weighted by Gasteiger charge is 2.69. The fourth-order valence-corrected chi connectivity index (χ4v) is 11.0. The van der Waals surface area contributed by atoms with Gasteiger partial charge in [-0.1, -0.05) is 59.7 Å². The summed E-state index contributed by atoms with van der Waals surface area (Å²) >= 11 is 8.97. The molecule has 2 aliphatic carbocycles. The van der Waals surface area contributed by atoms with E-state index in [2.05, 4.69) is 11.1 Å². The Morgan fingerprint density at radius 2 is 1.74 bits per heavy atom. The van der Waals surface area contributed by atoms with E-state index in [1.807, 2.05) is 42.5 Å². The number of fused-ring (bicyclic) bond motifs is 9. The lowest BCUT2D eigenvalue weighted by atomic mass is 9.68. The Hall–Kier alpha value is -3.08. The zero-order chi connectivity index (χ0) is 29.8. The van der Waals surface area contributed by atoms with Gasteiger partial charge in [-0.25, -0.2) is 0 Å². The third-order valence-electron chi connectivity index (χ3n) is 9.65. The van der Waals surface area contributed by atoms with Crippen LogP contribution in [0.4, 0.5) is 0 Å². The van der Waals surface area contributed by atoms with Crippen molar-refractivity contribution in [1.29, 1.82) is 0 Å². The first-order chi connectivity index (χ1) is 20.8. The number of H-pyrrole nitrogens is 1. The number of para-hydroxylation sites is 1. The number of aromatic amines is 1. The first-order valence-electron chi connectivity index (χ1n) is 14.7. The van der Waals surface area contributed by atoms with Crippen LogP contribution >= 0.6 is 34.7 Å². The highest BCUT2D eigenvalue weighted by Crippen LogP contribution is 2.69. The lowest BCUT2D eigenvalue weighted by Crippen LogP contribution is -2.42. The Morgan fingerprint density at radius 3 is 2.51 bits per heavy atom. The molecular weight excluding hydrogens is 608 g/mol. The molecule has 4 aliphatic rings. The van der Waals surface area contributed by atoms with Gasteiger partial charge in [0.05, 0.1) is 16.9 Å². The topological polar surface area (TPSA) is 117 Å². The van der Waals surface area contributed by atoms with Crippen LogP contribution in [0.15, 0.2) is 58.4 Å². The number of likely N-dealkylation sites (tertiary alicyclic amines) is 1. The lowest BCUT2D eigenvalue weighted by molar-refractivity contribution is -0.141. The normalized spacial score (nSPS) is 28.6. The number of imide groups is 1. The summed E-state index contributed by atoms with van der Waals surface area (Å²) in [6, 6.07) is 15.5. The number of halogens is 1. The van der Waals surface area contributed by atoms with Crippen LogP contribution in [0.2, 0.25) is 5.02 Å². The molecule has 2 bridgehead atoms. The molecule has 1 aromatic heterocycles. The van der Waals surface area contributed by atoms with Crippen LogP contribution in [-0.2, 0) is 21.0 Å². The van der Waals surface area contributed by atoms with Crippen molar-refractivity contribution in [1.82, 2.24) is 9.88 Å². The first-order valence-corrected chi connectivity index (χ1v) is 16.8. The number of carboxylic acid groups (broad SMARTS) is 1. The van der Waals surface area contributed by atoms with Crippen molar-refractivity contribution in [2.24, 2.45) is 29.6 Å². The molecule has 11 heteroatoms. The van der Waals surface area contributed by atoms with Gasteiger partial charge in [-0.3, -0.25) is 24.1 Å². The Balaban J connectivity index is 1.18.